The minimum atomic E-state index is -4.45. The molecule has 0 radical (unpaired) electrons. The van der Waals surface area contributed by atoms with E-state index in [1.54, 1.807) is 0 Å². The number of hydrogen-bond acceptors (Lipinski definition) is 1. The van der Waals surface area contributed by atoms with Gasteiger partial charge in [0, 0.05) is 6.04 Å². The van der Waals surface area contributed by atoms with Crippen LogP contribution in [-0.2, 0) is 6.18 Å². The molecule has 0 aliphatic heterocycles. The molecule has 1 unspecified atom stereocenters. The van der Waals surface area contributed by atoms with Gasteiger partial charge >= 0.3 is 6.18 Å². The summed E-state index contributed by atoms with van der Waals surface area (Å²) in [6, 6.07) is 2.53. The van der Waals surface area contributed by atoms with Crippen LogP contribution in [0.5, 0.6) is 0 Å². The van der Waals surface area contributed by atoms with Crippen LogP contribution in [0.3, 0.4) is 0 Å². The van der Waals surface area contributed by atoms with Crippen molar-refractivity contribution < 1.29 is 17.6 Å². The Bertz CT molecular complexity index is 479. The van der Waals surface area contributed by atoms with E-state index in [-0.39, 0.29) is 17.1 Å². The highest BCUT2D eigenvalue weighted by Crippen LogP contribution is 2.37. The Morgan fingerprint density at radius 1 is 1.25 bits per heavy atom. The van der Waals surface area contributed by atoms with Crippen molar-refractivity contribution in [3.63, 3.8) is 0 Å². The van der Waals surface area contributed by atoms with Gasteiger partial charge in [-0.25, -0.2) is 4.39 Å². The van der Waals surface area contributed by atoms with E-state index in [2.05, 4.69) is 19.2 Å². The van der Waals surface area contributed by atoms with E-state index < -0.39 is 17.6 Å². The molecule has 2 rings (SSSR count). The van der Waals surface area contributed by atoms with Crippen molar-refractivity contribution in [2.75, 3.05) is 5.32 Å². The molecule has 0 spiro atoms. The van der Waals surface area contributed by atoms with Crippen LogP contribution in [0.25, 0.3) is 0 Å². The van der Waals surface area contributed by atoms with Crippen LogP contribution < -0.4 is 5.32 Å². The quantitative estimate of drug-likeness (QED) is 0.735. The van der Waals surface area contributed by atoms with Crippen LogP contribution in [-0.4, -0.2) is 6.04 Å². The monoisotopic (exact) mass is 289 g/mol. The first-order chi connectivity index (χ1) is 9.17. The number of halogens is 4. The number of benzene rings is 1. The number of nitrogens with one attached hydrogen (secondary N) is 1. The average Bonchev–Trinajstić information content (AvgIpc) is 2.29. The molecule has 1 aromatic rings. The second-order valence-electron chi connectivity index (χ2n) is 6.29. The normalized spacial score (nSPS) is 22.6. The van der Waals surface area contributed by atoms with Crippen molar-refractivity contribution in [2.45, 2.75) is 51.7 Å². The third-order valence-corrected chi connectivity index (χ3v) is 3.86. The van der Waals surface area contributed by atoms with Crippen LogP contribution in [0.4, 0.5) is 23.2 Å². The SMILES string of the molecule is CC1(C)CCCC(Nc2cc(C(F)(F)F)ccc2F)C1. The lowest BCUT2D eigenvalue weighted by molar-refractivity contribution is -0.137. The summed E-state index contributed by atoms with van der Waals surface area (Å²) in [5.74, 6) is -0.638. The first-order valence-electron chi connectivity index (χ1n) is 6.81. The zero-order chi connectivity index (χ0) is 15.0. The minimum absolute atomic E-state index is 0.0248. The predicted molar refractivity (Wildman–Crippen MR) is 71.1 cm³/mol. The summed E-state index contributed by atoms with van der Waals surface area (Å²) in [7, 11) is 0. The van der Waals surface area contributed by atoms with Crippen LogP contribution in [0.1, 0.15) is 45.1 Å². The van der Waals surface area contributed by atoms with Gasteiger partial charge in [0.1, 0.15) is 5.82 Å². The van der Waals surface area contributed by atoms with Gasteiger partial charge < -0.3 is 5.32 Å². The first kappa shape index (κ1) is 15.1. The molecule has 5 heteroatoms. The van der Waals surface area contributed by atoms with E-state index in [9.17, 15) is 17.6 Å². The van der Waals surface area contributed by atoms with Crippen molar-refractivity contribution in [1.82, 2.24) is 0 Å². The lowest BCUT2D eigenvalue weighted by atomic mass is 9.75. The summed E-state index contributed by atoms with van der Waals surface area (Å²) in [5.41, 5.74) is -0.729. The van der Waals surface area contributed by atoms with E-state index >= 15 is 0 Å². The Labute approximate surface area is 116 Å². The van der Waals surface area contributed by atoms with Crippen LogP contribution in [0.2, 0.25) is 0 Å². The fourth-order valence-electron chi connectivity index (χ4n) is 2.85. The molecule has 1 aliphatic rings. The van der Waals surface area contributed by atoms with Gasteiger partial charge in [0.05, 0.1) is 11.3 Å². The Morgan fingerprint density at radius 3 is 2.55 bits per heavy atom. The molecular formula is C15H19F4N. The average molecular weight is 289 g/mol. The summed E-state index contributed by atoms with van der Waals surface area (Å²) in [6.45, 7) is 4.26. The van der Waals surface area contributed by atoms with Crippen molar-refractivity contribution in [1.29, 1.82) is 0 Å². The largest absolute Gasteiger partial charge is 0.416 e. The summed E-state index contributed by atoms with van der Waals surface area (Å²) in [4.78, 5) is 0. The Morgan fingerprint density at radius 2 is 1.95 bits per heavy atom. The van der Waals surface area contributed by atoms with E-state index in [4.69, 9.17) is 0 Å². The number of rotatable bonds is 2. The van der Waals surface area contributed by atoms with Crippen molar-refractivity contribution in [3.8, 4) is 0 Å². The van der Waals surface area contributed by atoms with E-state index in [0.717, 1.165) is 43.9 Å². The van der Waals surface area contributed by atoms with Crippen molar-refractivity contribution >= 4 is 5.69 Å². The topological polar surface area (TPSA) is 12.0 Å². The van der Waals surface area contributed by atoms with E-state index in [1.807, 2.05) is 0 Å². The molecule has 1 N–H and O–H groups in total. The van der Waals surface area contributed by atoms with Gasteiger partial charge in [-0.1, -0.05) is 20.3 Å². The molecule has 1 fully saturated rings. The molecule has 0 aromatic heterocycles. The number of anilines is 1. The molecule has 0 bridgehead atoms. The third-order valence-electron chi connectivity index (χ3n) is 3.86. The lowest BCUT2D eigenvalue weighted by Gasteiger charge is -2.36. The molecule has 0 saturated heterocycles. The molecular weight excluding hydrogens is 270 g/mol. The first-order valence-corrected chi connectivity index (χ1v) is 6.81. The molecule has 20 heavy (non-hydrogen) atoms. The van der Waals surface area contributed by atoms with E-state index in [1.165, 1.54) is 0 Å². The molecule has 112 valence electrons. The van der Waals surface area contributed by atoms with Crippen LogP contribution in [0.15, 0.2) is 18.2 Å². The zero-order valence-electron chi connectivity index (χ0n) is 11.6. The Balaban J connectivity index is 2.16. The fourth-order valence-corrected chi connectivity index (χ4v) is 2.85. The number of hydrogen-bond donors (Lipinski definition) is 1. The highest BCUT2D eigenvalue weighted by molar-refractivity contribution is 5.49. The maximum absolute atomic E-state index is 13.7. The second kappa shape index (κ2) is 5.26. The molecule has 1 aliphatic carbocycles. The summed E-state index contributed by atoms with van der Waals surface area (Å²) in [6.07, 6.45) is -0.654. The standard InChI is InChI=1S/C15H19F4N/c1-14(2)7-3-4-11(9-14)20-13-8-10(15(17,18)19)5-6-12(13)16/h5-6,8,11,20H,3-4,7,9H2,1-2H3. The third kappa shape index (κ3) is 3.64. The highest BCUT2D eigenvalue weighted by Gasteiger charge is 2.32. The highest BCUT2D eigenvalue weighted by atomic mass is 19.4. The second-order valence-corrected chi connectivity index (χ2v) is 6.29. The maximum atomic E-state index is 13.7. The summed E-state index contributed by atoms with van der Waals surface area (Å²) in [5, 5.41) is 2.94. The molecule has 1 saturated carbocycles. The van der Waals surface area contributed by atoms with Gasteiger partial charge in [0.2, 0.25) is 0 Å². The summed E-state index contributed by atoms with van der Waals surface area (Å²) < 4.78 is 51.6. The number of alkyl halides is 3. The van der Waals surface area contributed by atoms with Gasteiger partial charge in [-0.2, -0.15) is 13.2 Å². The Kier molecular flexibility index (Phi) is 3.98. The van der Waals surface area contributed by atoms with E-state index in [0.29, 0.717) is 0 Å². The van der Waals surface area contributed by atoms with Crippen LogP contribution >= 0.6 is 0 Å². The van der Waals surface area contributed by atoms with Gasteiger partial charge in [-0.15, -0.1) is 0 Å². The molecule has 0 heterocycles. The molecule has 1 aromatic carbocycles. The summed E-state index contributed by atoms with van der Waals surface area (Å²) >= 11 is 0. The smallest absolute Gasteiger partial charge is 0.380 e. The minimum Gasteiger partial charge on any atom is -0.380 e. The van der Waals surface area contributed by atoms with Crippen LogP contribution in [0, 0.1) is 11.2 Å². The van der Waals surface area contributed by atoms with Gasteiger partial charge in [0.15, 0.2) is 0 Å². The predicted octanol–water partition coefficient (Wildman–Crippen LogP) is 5.23. The van der Waals surface area contributed by atoms with Gasteiger partial charge in [-0.05, 0) is 42.9 Å². The fraction of sp³-hybridized carbons (Fsp3) is 0.600. The molecule has 1 atom stereocenters. The molecule has 1 nitrogen and oxygen atoms in total. The maximum Gasteiger partial charge on any atom is 0.416 e. The van der Waals surface area contributed by atoms with Gasteiger partial charge in [-0.3, -0.25) is 0 Å². The van der Waals surface area contributed by atoms with Crippen molar-refractivity contribution in [3.05, 3.63) is 29.6 Å². The molecule has 0 amide bonds. The van der Waals surface area contributed by atoms with Crippen molar-refractivity contribution in [2.24, 2.45) is 5.41 Å². The Hall–Kier alpha value is -1.26. The lowest BCUT2D eigenvalue weighted by Crippen LogP contribution is -2.32. The van der Waals surface area contributed by atoms with Gasteiger partial charge in [0.25, 0.3) is 0 Å². The zero-order valence-corrected chi connectivity index (χ0v) is 11.6.